The van der Waals surface area contributed by atoms with Crippen LogP contribution in [0.3, 0.4) is 0 Å². The summed E-state index contributed by atoms with van der Waals surface area (Å²) in [5.41, 5.74) is -0.211. The van der Waals surface area contributed by atoms with E-state index in [1.54, 1.807) is 7.05 Å². The highest BCUT2D eigenvalue weighted by atomic mass is 127. The molecule has 1 spiro atoms. The van der Waals surface area contributed by atoms with E-state index in [1.165, 1.54) is 12.8 Å². The average molecular weight is 453 g/mol. The molecule has 0 bridgehead atoms. The molecule has 0 aromatic rings. The van der Waals surface area contributed by atoms with Crippen LogP contribution in [0.15, 0.2) is 4.99 Å². The van der Waals surface area contributed by atoms with Crippen LogP contribution < -0.4 is 5.32 Å². The van der Waals surface area contributed by atoms with Crippen molar-refractivity contribution in [1.29, 1.82) is 0 Å². The molecule has 0 aliphatic carbocycles. The molecule has 0 radical (unpaired) electrons. The smallest absolute Gasteiger partial charge is 0.325 e. The molecule has 6 nitrogen and oxygen atoms in total. The summed E-state index contributed by atoms with van der Waals surface area (Å²) in [7, 11) is 1.76. The fourth-order valence-electron chi connectivity index (χ4n) is 3.48. The van der Waals surface area contributed by atoms with Crippen molar-refractivity contribution in [2.45, 2.75) is 52.1 Å². The van der Waals surface area contributed by atoms with Crippen molar-refractivity contribution in [3.8, 4) is 0 Å². The van der Waals surface area contributed by atoms with Gasteiger partial charge in [0, 0.05) is 32.2 Å². The first kappa shape index (κ1) is 21.5. The molecule has 2 saturated heterocycles. The Morgan fingerprint density at radius 2 is 2.04 bits per heavy atom. The van der Waals surface area contributed by atoms with E-state index < -0.39 is 5.60 Å². The van der Waals surface area contributed by atoms with E-state index in [0.29, 0.717) is 0 Å². The number of halogens is 1. The minimum absolute atomic E-state index is 0. The lowest BCUT2D eigenvalue weighted by molar-refractivity contribution is -0.153. The number of aliphatic imine (C=N–C) groups is 1. The van der Waals surface area contributed by atoms with Gasteiger partial charge in [-0.1, -0.05) is 0 Å². The van der Waals surface area contributed by atoms with Gasteiger partial charge in [0.15, 0.2) is 5.96 Å². The number of hydrogen-bond acceptors (Lipinski definition) is 4. The Morgan fingerprint density at radius 3 is 2.62 bits per heavy atom. The van der Waals surface area contributed by atoms with Gasteiger partial charge in [0.05, 0.1) is 6.61 Å². The zero-order valence-corrected chi connectivity index (χ0v) is 17.7. The zero-order valence-electron chi connectivity index (χ0n) is 15.4. The van der Waals surface area contributed by atoms with Crippen molar-refractivity contribution in [1.82, 2.24) is 10.2 Å². The van der Waals surface area contributed by atoms with Gasteiger partial charge in [0.25, 0.3) is 0 Å². The molecule has 2 fully saturated rings. The van der Waals surface area contributed by atoms with Crippen LogP contribution in [0.5, 0.6) is 0 Å². The van der Waals surface area contributed by atoms with Crippen molar-refractivity contribution in [2.24, 2.45) is 10.4 Å². The lowest BCUT2D eigenvalue weighted by Crippen LogP contribution is -2.53. The summed E-state index contributed by atoms with van der Waals surface area (Å²) in [4.78, 5) is 18.5. The number of piperidine rings is 1. The van der Waals surface area contributed by atoms with Crippen molar-refractivity contribution < 1.29 is 14.3 Å². The van der Waals surface area contributed by atoms with E-state index in [9.17, 15) is 4.79 Å². The summed E-state index contributed by atoms with van der Waals surface area (Å²) in [6.45, 7) is 9.40. The van der Waals surface area contributed by atoms with Crippen LogP contribution in [0.2, 0.25) is 0 Å². The summed E-state index contributed by atoms with van der Waals surface area (Å²) < 4.78 is 11.1. The first-order chi connectivity index (χ1) is 10.8. The normalized spacial score (nSPS) is 25.2. The number of carbonyl (C=O) groups is 1. The Balaban J connectivity index is 0.00000288. The third kappa shape index (κ3) is 6.38. The molecular weight excluding hydrogens is 421 g/mol. The molecule has 1 atom stereocenters. The Hall–Kier alpha value is -0.570. The predicted molar refractivity (Wildman–Crippen MR) is 106 cm³/mol. The second kappa shape index (κ2) is 9.22. The standard InChI is InChI=1S/C17H31N3O3.HI/c1-16(2,3)23-14(21)11-19-15(18-4)20-9-5-7-17(12-20)8-6-10-22-13-17;/h5-13H2,1-4H3,(H,18,19);1H. The van der Waals surface area contributed by atoms with Crippen LogP contribution in [0.25, 0.3) is 0 Å². The summed E-state index contributed by atoms with van der Waals surface area (Å²) in [6, 6.07) is 0. The highest BCUT2D eigenvalue weighted by Crippen LogP contribution is 2.37. The van der Waals surface area contributed by atoms with Gasteiger partial charge in [-0.15, -0.1) is 24.0 Å². The third-order valence-corrected chi connectivity index (χ3v) is 4.39. The van der Waals surface area contributed by atoms with Crippen molar-refractivity contribution in [3.05, 3.63) is 0 Å². The minimum Gasteiger partial charge on any atom is -0.459 e. The number of likely N-dealkylation sites (tertiary alicyclic amines) is 1. The van der Waals surface area contributed by atoms with Gasteiger partial charge < -0.3 is 19.7 Å². The van der Waals surface area contributed by atoms with Gasteiger partial charge in [-0.05, 0) is 46.5 Å². The summed E-state index contributed by atoms with van der Waals surface area (Å²) >= 11 is 0. The number of esters is 1. The summed E-state index contributed by atoms with van der Waals surface area (Å²) in [6.07, 6.45) is 4.70. The monoisotopic (exact) mass is 453 g/mol. The first-order valence-corrected chi connectivity index (χ1v) is 8.59. The van der Waals surface area contributed by atoms with E-state index in [1.807, 2.05) is 20.8 Å². The molecule has 2 aliphatic rings. The molecule has 0 amide bonds. The van der Waals surface area contributed by atoms with E-state index in [2.05, 4.69) is 15.2 Å². The fraction of sp³-hybridized carbons (Fsp3) is 0.882. The first-order valence-electron chi connectivity index (χ1n) is 8.59. The maximum Gasteiger partial charge on any atom is 0.325 e. The van der Waals surface area contributed by atoms with E-state index in [0.717, 1.165) is 45.1 Å². The highest BCUT2D eigenvalue weighted by molar-refractivity contribution is 14.0. The molecular formula is C17H32IN3O3. The van der Waals surface area contributed by atoms with Gasteiger partial charge in [0.1, 0.15) is 12.1 Å². The van der Waals surface area contributed by atoms with Crippen LogP contribution in [0.1, 0.15) is 46.5 Å². The molecule has 2 rings (SSSR count). The van der Waals surface area contributed by atoms with Gasteiger partial charge in [-0.2, -0.15) is 0 Å². The molecule has 1 N–H and O–H groups in total. The molecule has 140 valence electrons. The molecule has 0 saturated carbocycles. The van der Waals surface area contributed by atoms with Crippen molar-refractivity contribution in [3.63, 3.8) is 0 Å². The van der Waals surface area contributed by atoms with E-state index in [4.69, 9.17) is 9.47 Å². The molecule has 1 unspecified atom stereocenters. The molecule has 7 heteroatoms. The van der Waals surface area contributed by atoms with Gasteiger partial charge >= 0.3 is 5.97 Å². The van der Waals surface area contributed by atoms with Crippen LogP contribution >= 0.6 is 24.0 Å². The number of nitrogens with zero attached hydrogens (tertiary/aromatic N) is 2. The highest BCUT2D eigenvalue weighted by Gasteiger charge is 2.38. The zero-order chi connectivity index (χ0) is 16.9. The van der Waals surface area contributed by atoms with Gasteiger partial charge in [0.2, 0.25) is 0 Å². The van der Waals surface area contributed by atoms with Gasteiger partial charge in [-0.3, -0.25) is 9.79 Å². The maximum absolute atomic E-state index is 11.9. The van der Waals surface area contributed by atoms with Crippen molar-refractivity contribution in [2.75, 3.05) is 39.9 Å². The number of guanidine groups is 1. The largest absolute Gasteiger partial charge is 0.459 e. The van der Waals surface area contributed by atoms with Crippen LogP contribution in [-0.4, -0.2) is 62.3 Å². The molecule has 2 heterocycles. The second-order valence-corrected chi connectivity index (χ2v) is 7.67. The Bertz CT molecular complexity index is 437. The van der Waals surface area contributed by atoms with Crippen LogP contribution in [0.4, 0.5) is 0 Å². The minimum atomic E-state index is -0.461. The van der Waals surface area contributed by atoms with Gasteiger partial charge in [-0.25, -0.2) is 0 Å². The molecule has 0 aromatic heterocycles. The number of nitrogens with one attached hydrogen (secondary N) is 1. The number of carbonyl (C=O) groups excluding carboxylic acids is 1. The quantitative estimate of drug-likeness (QED) is 0.301. The van der Waals surface area contributed by atoms with E-state index >= 15 is 0 Å². The number of ether oxygens (including phenoxy) is 2. The third-order valence-electron chi connectivity index (χ3n) is 4.39. The Labute approximate surface area is 162 Å². The molecule has 24 heavy (non-hydrogen) atoms. The maximum atomic E-state index is 11.9. The SMILES string of the molecule is CN=C(NCC(=O)OC(C)(C)C)N1CCCC2(CCCOC2)C1.I. The predicted octanol–water partition coefficient (Wildman–Crippen LogP) is 2.41. The second-order valence-electron chi connectivity index (χ2n) is 7.67. The summed E-state index contributed by atoms with van der Waals surface area (Å²) in [5.74, 6) is 0.520. The molecule has 2 aliphatic heterocycles. The lowest BCUT2D eigenvalue weighted by Gasteiger charge is -2.45. The van der Waals surface area contributed by atoms with Crippen LogP contribution in [-0.2, 0) is 14.3 Å². The van der Waals surface area contributed by atoms with Crippen molar-refractivity contribution >= 4 is 35.9 Å². The number of rotatable bonds is 2. The average Bonchev–Trinajstić information content (AvgIpc) is 2.47. The Kier molecular flexibility index (Phi) is 8.25. The fourth-order valence-corrected chi connectivity index (χ4v) is 3.48. The molecule has 0 aromatic carbocycles. The number of hydrogen-bond donors (Lipinski definition) is 1. The topological polar surface area (TPSA) is 63.2 Å². The Morgan fingerprint density at radius 1 is 1.33 bits per heavy atom. The van der Waals surface area contributed by atoms with E-state index in [-0.39, 0.29) is 41.9 Å². The lowest BCUT2D eigenvalue weighted by atomic mass is 9.76. The van der Waals surface area contributed by atoms with Crippen LogP contribution in [0, 0.1) is 5.41 Å². The summed E-state index contributed by atoms with van der Waals surface area (Å²) in [5, 5.41) is 3.14.